The van der Waals surface area contributed by atoms with Crippen LogP contribution in [0.2, 0.25) is 0 Å². The summed E-state index contributed by atoms with van der Waals surface area (Å²) in [5.74, 6) is -0.330. The lowest BCUT2D eigenvalue weighted by Crippen LogP contribution is -2.29. The Balaban J connectivity index is 2.48. The lowest BCUT2D eigenvalue weighted by Gasteiger charge is -2.23. The van der Waals surface area contributed by atoms with Gasteiger partial charge >= 0.3 is 5.97 Å². The molecule has 6 heteroatoms. The molecule has 2 N–H and O–H groups in total. The van der Waals surface area contributed by atoms with E-state index in [9.17, 15) is 9.90 Å². The largest absolute Gasteiger partial charge is 0.476 e. The van der Waals surface area contributed by atoms with Crippen LogP contribution in [0.5, 0.6) is 0 Å². The van der Waals surface area contributed by atoms with Gasteiger partial charge in [-0.2, -0.15) is 0 Å². The Kier molecular flexibility index (Phi) is 4.67. The number of carboxylic acid groups (broad SMARTS) is 1. The highest BCUT2D eigenvalue weighted by molar-refractivity contribution is 5.87. The number of aromatic nitrogens is 2. The summed E-state index contributed by atoms with van der Waals surface area (Å²) in [6.07, 6.45) is 0.459. The van der Waals surface area contributed by atoms with Gasteiger partial charge in [0.1, 0.15) is 6.10 Å². The summed E-state index contributed by atoms with van der Waals surface area (Å²) in [5, 5.41) is 12.5. The summed E-state index contributed by atoms with van der Waals surface area (Å²) in [7, 11) is 0. The molecule has 20 heavy (non-hydrogen) atoms. The summed E-state index contributed by atoms with van der Waals surface area (Å²) < 4.78 is 5.68. The number of ether oxygens (including phenoxy) is 1. The maximum Gasteiger partial charge on any atom is 0.354 e. The van der Waals surface area contributed by atoms with E-state index in [0.29, 0.717) is 24.5 Å². The van der Waals surface area contributed by atoms with Crippen molar-refractivity contribution < 1.29 is 14.6 Å². The fourth-order valence-corrected chi connectivity index (χ4v) is 2.41. The third-order valence-electron chi connectivity index (χ3n) is 3.36. The molecule has 1 aliphatic rings. The number of rotatable bonds is 5. The number of nitrogens with zero attached hydrogens (tertiary/aromatic N) is 2. The standard InChI is InChI=1S/C14H21N3O3/c1-4-20-12(8(2)3)13-16-10-5-6-15-7-9(10)11(17-13)14(18)19/h8,12,15H,4-7H2,1-3H3,(H,18,19). The van der Waals surface area contributed by atoms with Crippen molar-refractivity contribution >= 4 is 5.97 Å². The highest BCUT2D eigenvalue weighted by atomic mass is 16.5. The molecule has 0 fully saturated rings. The molecule has 0 spiro atoms. The molecule has 110 valence electrons. The lowest BCUT2D eigenvalue weighted by molar-refractivity contribution is 0.0226. The van der Waals surface area contributed by atoms with Crippen LogP contribution < -0.4 is 5.32 Å². The Morgan fingerprint density at radius 2 is 2.20 bits per heavy atom. The highest BCUT2D eigenvalue weighted by Crippen LogP contribution is 2.25. The minimum Gasteiger partial charge on any atom is -0.476 e. The van der Waals surface area contributed by atoms with Gasteiger partial charge in [-0.1, -0.05) is 13.8 Å². The number of nitrogens with one attached hydrogen (secondary N) is 1. The van der Waals surface area contributed by atoms with Crippen molar-refractivity contribution in [3.63, 3.8) is 0 Å². The Labute approximate surface area is 118 Å². The van der Waals surface area contributed by atoms with Crippen molar-refractivity contribution in [2.24, 2.45) is 5.92 Å². The van der Waals surface area contributed by atoms with E-state index in [-0.39, 0.29) is 17.7 Å². The number of carbonyl (C=O) groups is 1. The van der Waals surface area contributed by atoms with Gasteiger partial charge in [0.05, 0.1) is 5.69 Å². The molecule has 1 atom stereocenters. The van der Waals surface area contributed by atoms with Crippen LogP contribution >= 0.6 is 0 Å². The van der Waals surface area contributed by atoms with Crippen LogP contribution in [0, 0.1) is 5.92 Å². The topological polar surface area (TPSA) is 84.3 Å². The monoisotopic (exact) mass is 279 g/mol. The second-order valence-corrected chi connectivity index (χ2v) is 5.21. The molecule has 6 nitrogen and oxygen atoms in total. The van der Waals surface area contributed by atoms with Crippen LogP contribution in [0.3, 0.4) is 0 Å². The van der Waals surface area contributed by atoms with Gasteiger partial charge in [-0.05, 0) is 12.8 Å². The maximum absolute atomic E-state index is 11.4. The van der Waals surface area contributed by atoms with Crippen LogP contribution in [0.15, 0.2) is 0 Å². The quantitative estimate of drug-likeness (QED) is 0.850. The molecule has 2 heterocycles. The molecule has 2 rings (SSSR count). The first-order valence-corrected chi connectivity index (χ1v) is 6.99. The van der Waals surface area contributed by atoms with E-state index in [0.717, 1.165) is 18.7 Å². The molecule has 1 aliphatic heterocycles. The van der Waals surface area contributed by atoms with Crippen LogP contribution in [-0.4, -0.2) is 34.2 Å². The molecule has 0 bridgehead atoms. The molecule has 0 amide bonds. The Morgan fingerprint density at radius 1 is 1.45 bits per heavy atom. The molecule has 0 radical (unpaired) electrons. The van der Waals surface area contributed by atoms with E-state index in [2.05, 4.69) is 15.3 Å². The van der Waals surface area contributed by atoms with Crippen molar-refractivity contribution in [2.75, 3.05) is 13.2 Å². The Morgan fingerprint density at radius 3 is 2.80 bits per heavy atom. The van der Waals surface area contributed by atoms with E-state index in [1.54, 1.807) is 0 Å². The average molecular weight is 279 g/mol. The van der Waals surface area contributed by atoms with Gasteiger partial charge in [0, 0.05) is 31.7 Å². The number of hydrogen-bond acceptors (Lipinski definition) is 5. The predicted octanol–water partition coefficient (Wildman–Crippen LogP) is 1.55. The minimum absolute atomic E-state index is 0.0996. The molecular weight excluding hydrogens is 258 g/mol. The highest BCUT2D eigenvalue weighted by Gasteiger charge is 2.26. The molecular formula is C14H21N3O3. The van der Waals surface area contributed by atoms with Gasteiger partial charge < -0.3 is 15.2 Å². The van der Waals surface area contributed by atoms with Crippen molar-refractivity contribution in [1.82, 2.24) is 15.3 Å². The molecule has 0 saturated heterocycles. The maximum atomic E-state index is 11.4. The third-order valence-corrected chi connectivity index (χ3v) is 3.36. The van der Waals surface area contributed by atoms with Gasteiger partial charge in [-0.3, -0.25) is 0 Å². The first kappa shape index (κ1) is 14.9. The SMILES string of the molecule is CCOC(c1nc2c(c(C(=O)O)n1)CNCC2)C(C)C. The first-order valence-electron chi connectivity index (χ1n) is 6.99. The molecule has 1 aromatic rings. The van der Waals surface area contributed by atoms with Gasteiger partial charge in [0.2, 0.25) is 0 Å². The first-order chi connectivity index (χ1) is 9.54. The third kappa shape index (κ3) is 2.96. The van der Waals surface area contributed by atoms with E-state index < -0.39 is 5.97 Å². The van der Waals surface area contributed by atoms with Crippen LogP contribution in [0.1, 0.15) is 54.4 Å². The van der Waals surface area contributed by atoms with Crippen molar-refractivity contribution in [3.8, 4) is 0 Å². The second-order valence-electron chi connectivity index (χ2n) is 5.21. The summed E-state index contributed by atoms with van der Waals surface area (Å²) >= 11 is 0. The molecule has 0 saturated carbocycles. The van der Waals surface area contributed by atoms with Crippen LogP contribution in [0.4, 0.5) is 0 Å². The Hall–Kier alpha value is -1.53. The zero-order valence-corrected chi connectivity index (χ0v) is 12.1. The molecule has 0 aliphatic carbocycles. The zero-order chi connectivity index (χ0) is 14.7. The minimum atomic E-state index is -1.01. The van der Waals surface area contributed by atoms with Gasteiger partial charge in [-0.25, -0.2) is 14.8 Å². The normalized spacial score (nSPS) is 16.0. The van der Waals surface area contributed by atoms with E-state index >= 15 is 0 Å². The molecule has 0 aromatic carbocycles. The van der Waals surface area contributed by atoms with E-state index in [1.165, 1.54) is 0 Å². The lowest BCUT2D eigenvalue weighted by atomic mass is 10.0. The molecule has 1 aromatic heterocycles. The van der Waals surface area contributed by atoms with Crippen molar-refractivity contribution in [3.05, 3.63) is 22.8 Å². The van der Waals surface area contributed by atoms with Crippen LogP contribution in [0.25, 0.3) is 0 Å². The Bertz CT molecular complexity index is 503. The smallest absolute Gasteiger partial charge is 0.354 e. The van der Waals surface area contributed by atoms with Crippen molar-refractivity contribution in [2.45, 2.75) is 39.8 Å². The number of aromatic carboxylic acids is 1. The predicted molar refractivity (Wildman–Crippen MR) is 73.6 cm³/mol. The summed E-state index contributed by atoms with van der Waals surface area (Å²) in [4.78, 5) is 20.2. The summed E-state index contributed by atoms with van der Waals surface area (Å²) in [6, 6.07) is 0. The summed E-state index contributed by atoms with van der Waals surface area (Å²) in [6.45, 7) is 7.82. The number of hydrogen-bond donors (Lipinski definition) is 2. The van der Waals surface area contributed by atoms with Gasteiger partial charge in [0.15, 0.2) is 11.5 Å². The fraction of sp³-hybridized carbons (Fsp3) is 0.643. The van der Waals surface area contributed by atoms with Crippen molar-refractivity contribution in [1.29, 1.82) is 0 Å². The second kappa shape index (κ2) is 6.28. The van der Waals surface area contributed by atoms with Gasteiger partial charge in [-0.15, -0.1) is 0 Å². The van der Waals surface area contributed by atoms with E-state index in [4.69, 9.17) is 4.74 Å². The molecule has 1 unspecified atom stereocenters. The zero-order valence-electron chi connectivity index (χ0n) is 12.1. The number of fused-ring (bicyclic) bond motifs is 1. The summed E-state index contributed by atoms with van der Waals surface area (Å²) in [5.41, 5.74) is 1.63. The number of carboxylic acids is 1. The van der Waals surface area contributed by atoms with Gasteiger partial charge in [0.25, 0.3) is 0 Å². The fourth-order valence-electron chi connectivity index (χ4n) is 2.41. The van der Waals surface area contributed by atoms with Crippen LogP contribution in [-0.2, 0) is 17.7 Å². The van der Waals surface area contributed by atoms with E-state index in [1.807, 2.05) is 20.8 Å². The average Bonchev–Trinajstić information content (AvgIpc) is 2.43.